The Bertz CT molecular complexity index is 514. The van der Waals surface area contributed by atoms with Crippen molar-refractivity contribution < 1.29 is 14.7 Å². The number of hydrogen-bond donors (Lipinski definition) is 2. The van der Waals surface area contributed by atoms with Gasteiger partial charge in [-0.3, -0.25) is 4.98 Å². The van der Waals surface area contributed by atoms with Crippen molar-refractivity contribution in [3.8, 4) is 0 Å². The molecule has 1 aliphatic carbocycles. The van der Waals surface area contributed by atoms with E-state index in [-0.39, 0.29) is 11.9 Å². The first-order valence-electron chi connectivity index (χ1n) is 6.64. The number of pyridine rings is 1. The average Bonchev–Trinajstić information content (AvgIpc) is 3.19. The number of aryl methyl sites for hydroxylation is 1. The highest BCUT2D eigenvalue weighted by molar-refractivity contribution is 5.83. The number of aliphatic carboxylic acids is 1. The van der Waals surface area contributed by atoms with Gasteiger partial charge in [0.25, 0.3) is 0 Å². The van der Waals surface area contributed by atoms with E-state index in [0.29, 0.717) is 6.54 Å². The first-order valence-corrected chi connectivity index (χ1v) is 6.64. The molecule has 20 heavy (non-hydrogen) atoms. The lowest BCUT2D eigenvalue weighted by molar-refractivity contribution is -0.139. The molecule has 1 atom stereocenters. The minimum atomic E-state index is -0.970. The topological polar surface area (TPSA) is 82.5 Å². The van der Waals surface area contributed by atoms with Crippen LogP contribution in [0.15, 0.2) is 18.2 Å². The van der Waals surface area contributed by atoms with Gasteiger partial charge in [0.2, 0.25) is 0 Å². The van der Waals surface area contributed by atoms with Crippen LogP contribution in [0.5, 0.6) is 0 Å². The molecule has 1 heterocycles. The molecule has 0 saturated heterocycles. The summed E-state index contributed by atoms with van der Waals surface area (Å²) in [5, 5.41) is 11.7. The Kier molecular flexibility index (Phi) is 4.22. The fourth-order valence-electron chi connectivity index (χ4n) is 2.06. The minimum absolute atomic E-state index is 0.0712. The van der Waals surface area contributed by atoms with Gasteiger partial charge in [-0.1, -0.05) is 6.07 Å². The largest absolute Gasteiger partial charge is 0.480 e. The van der Waals surface area contributed by atoms with Crippen LogP contribution in [0.3, 0.4) is 0 Å². The third-order valence-electron chi connectivity index (χ3n) is 3.33. The summed E-state index contributed by atoms with van der Waals surface area (Å²) in [4.78, 5) is 28.9. The summed E-state index contributed by atoms with van der Waals surface area (Å²) < 4.78 is 0. The van der Waals surface area contributed by atoms with E-state index in [4.69, 9.17) is 5.11 Å². The average molecular weight is 277 g/mol. The maximum atomic E-state index is 12.0. The zero-order chi connectivity index (χ0) is 14.7. The first kappa shape index (κ1) is 14.3. The number of amides is 2. The highest BCUT2D eigenvalue weighted by Gasteiger charge is 2.37. The Labute approximate surface area is 117 Å². The van der Waals surface area contributed by atoms with E-state index in [1.807, 2.05) is 25.1 Å². The molecule has 1 fully saturated rings. The van der Waals surface area contributed by atoms with Gasteiger partial charge in [0.1, 0.15) is 6.04 Å². The van der Waals surface area contributed by atoms with Gasteiger partial charge in [-0.25, -0.2) is 9.59 Å². The lowest BCUT2D eigenvalue weighted by Crippen LogP contribution is -2.47. The van der Waals surface area contributed by atoms with E-state index < -0.39 is 12.0 Å². The van der Waals surface area contributed by atoms with E-state index >= 15 is 0 Å². The number of rotatable bonds is 5. The van der Waals surface area contributed by atoms with Crippen LogP contribution in [0.25, 0.3) is 0 Å². The van der Waals surface area contributed by atoms with Gasteiger partial charge in [-0.05, 0) is 37.8 Å². The fourth-order valence-corrected chi connectivity index (χ4v) is 2.06. The van der Waals surface area contributed by atoms with Crippen molar-refractivity contribution in [2.24, 2.45) is 5.92 Å². The summed E-state index contributed by atoms with van der Waals surface area (Å²) in [6.45, 7) is 2.24. The minimum Gasteiger partial charge on any atom is -0.480 e. The normalized spacial score (nSPS) is 15.5. The van der Waals surface area contributed by atoms with Gasteiger partial charge >= 0.3 is 12.0 Å². The molecular formula is C14H19N3O3. The second kappa shape index (κ2) is 5.90. The van der Waals surface area contributed by atoms with E-state index in [9.17, 15) is 9.59 Å². The number of carbonyl (C=O) groups excluding carboxylic acids is 1. The van der Waals surface area contributed by atoms with Crippen LogP contribution in [0.4, 0.5) is 4.79 Å². The van der Waals surface area contributed by atoms with Crippen molar-refractivity contribution in [1.82, 2.24) is 15.2 Å². The lowest BCUT2D eigenvalue weighted by atomic mass is 10.2. The van der Waals surface area contributed by atoms with Crippen LogP contribution in [-0.2, 0) is 11.3 Å². The smallest absolute Gasteiger partial charge is 0.326 e. The van der Waals surface area contributed by atoms with E-state index in [0.717, 1.165) is 24.2 Å². The number of nitrogens with zero attached hydrogens (tertiary/aromatic N) is 2. The van der Waals surface area contributed by atoms with Crippen LogP contribution >= 0.6 is 0 Å². The van der Waals surface area contributed by atoms with E-state index in [1.54, 1.807) is 7.05 Å². The molecular weight excluding hydrogens is 258 g/mol. The monoisotopic (exact) mass is 277 g/mol. The maximum absolute atomic E-state index is 12.0. The summed E-state index contributed by atoms with van der Waals surface area (Å²) in [6, 6.07) is 4.44. The molecule has 0 radical (unpaired) electrons. The summed E-state index contributed by atoms with van der Waals surface area (Å²) in [6.07, 6.45) is 1.72. The summed E-state index contributed by atoms with van der Waals surface area (Å²) in [7, 11) is 1.63. The Balaban J connectivity index is 1.92. The van der Waals surface area contributed by atoms with Gasteiger partial charge in [0, 0.05) is 12.7 Å². The second-order valence-corrected chi connectivity index (χ2v) is 5.23. The van der Waals surface area contributed by atoms with Crippen molar-refractivity contribution in [1.29, 1.82) is 0 Å². The molecule has 1 aromatic heterocycles. The van der Waals surface area contributed by atoms with Crippen LogP contribution in [-0.4, -0.2) is 40.1 Å². The van der Waals surface area contributed by atoms with Gasteiger partial charge in [-0.2, -0.15) is 0 Å². The molecule has 1 aromatic rings. The van der Waals surface area contributed by atoms with Gasteiger partial charge in [-0.15, -0.1) is 0 Å². The molecule has 2 amide bonds. The van der Waals surface area contributed by atoms with Crippen LogP contribution < -0.4 is 5.32 Å². The molecule has 2 rings (SSSR count). The highest BCUT2D eigenvalue weighted by atomic mass is 16.4. The van der Waals surface area contributed by atoms with Crippen molar-refractivity contribution in [2.45, 2.75) is 32.4 Å². The van der Waals surface area contributed by atoms with Crippen molar-refractivity contribution in [3.05, 3.63) is 29.6 Å². The zero-order valence-corrected chi connectivity index (χ0v) is 11.7. The number of aromatic nitrogens is 1. The molecule has 108 valence electrons. The predicted octanol–water partition coefficient (Wildman–Crippen LogP) is 1.39. The standard InChI is InChI=1S/C14H19N3O3/c1-9-4-3-5-11(15-9)8-17(2)14(20)16-12(13(18)19)10-6-7-10/h3-5,10,12H,6-8H2,1-2H3,(H,16,20)(H,18,19). The van der Waals surface area contributed by atoms with Crippen LogP contribution in [0, 0.1) is 12.8 Å². The number of carbonyl (C=O) groups is 2. The van der Waals surface area contributed by atoms with Crippen molar-refractivity contribution >= 4 is 12.0 Å². The molecule has 0 bridgehead atoms. The number of carboxylic acids is 1. The third kappa shape index (κ3) is 3.69. The second-order valence-electron chi connectivity index (χ2n) is 5.23. The number of carboxylic acid groups (broad SMARTS) is 1. The molecule has 0 spiro atoms. The molecule has 6 heteroatoms. The third-order valence-corrected chi connectivity index (χ3v) is 3.33. The molecule has 6 nitrogen and oxygen atoms in total. The molecule has 1 aliphatic rings. The number of hydrogen-bond acceptors (Lipinski definition) is 3. The Morgan fingerprint density at radius 2 is 2.20 bits per heavy atom. The summed E-state index contributed by atoms with van der Waals surface area (Å²) in [5.74, 6) is -0.898. The Hall–Kier alpha value is -2.11. The fraction of sp³-hybridized carbons (Fsp3) is 0.500. The van der Waals surface area contributed by atoms with Crippen LogP contribution in [0.1, 0.15) is 24.2 Å². The van der Waals surface area contributed by atoms with Crippen molar-refractivity contribution in [2.75, 3.05) is 7.05 Å². The Morgan fingerprint density at radius 3 is 2.75 bits per heavy atom. The number of nitrogens with one attached hydrogen (secondary N) is 1. The van der Waals surface area contributed by atoms with Gasteiger partial charge < -0.3 is 15.3 Å². The van der Waals surface area contributed by atoms with Gasteiger partial charge in [0.05, 0.1) is 12.2 Å². The van der Waals surface area contributed by atoms with E-state index in [2.05, 4.69) is 10.3 Å². The van der Waals surface area contributed by atoms with E-state index in [1.165, 1.54) is 4.90 Å². The van der Waals surface area contributed by atoms with Gasteiger partial charge in [0.15, 0.2) is 0 Å². The molecule has 1 saturated carbocycles. The molecule has 2 N–H and O–H groups in total. The SMILES string of the molecule is Cc1cccc(CN(C)C(=O)NC(C(=O)O)C2CC2)n1. The first-order chi connectivity index (χ1) is 9.47. The zero-order valence-electron chi connectivity index (χ0n) is 11.7. The molecule has 0 aliphatic heterocycles. The summed E-state index contributed by atoms with van der Waals surface area (Å²) in [5.41, 5.74) is 1.67. The number of urea groups is 1. The maximum Gasteiger partial charge on any atom is 0.326 e. The van der Waals surface area contributed by atoms with Crippen LogP contribution in [0.2, 0.25) is 0 Å². The Morgan fingerprint density at radius 1 is 1.50 bits per heavy atom. The highest BCUT2D eigenvalue weighted by Crippen LogP contribution is 2.32. The molecule has 1 unspecified atom stereocenters. The summed E-state index contributed by atoms with van der Waals surface area (Å²) >= 11 is 0. The lowest BCUT2D eigenvalue weighted by Gasteiger charge is -2.21. The molecule has 0 aromatic carbocycles. The predicted molar refractivity (Wildman–Crippen MR) is 73.1 cm³/mol. The quantitative estimate of drug-likeness (QED) is 0.852. The van der Waals surface area contributed by atoms with Crippen molar-refractivity contribution in [3.63, 3.8) is 0 Å².